The molecule has 8 rings (SSSR count). The Morgan fingerprint density at radius 1 is 0.649 bits per heavy atom. The van der Waals surface area contributed by atoms with Crippen LogP contribution in [-0.2, 0) is 0 Å². The minimum atomic E-state index is 0.412. The van der Waals surface area contributed by atoms with Gasteiger partial charge in [0, 0.05) is 17.2 Å². The zero-order valence-corrected chi connectivity index (χ0v) is 21.0. The molecular formula is C35H30N2. The molecule has 1 fully saturated rings. The minimum Gasteiger partial charge on any atom is -0.321 e. The summed E-state index contributed by atoms with van der Waals surface area (Å²) < 4.78 is 0. The number of hydrogen-bond acceptors (Lipinski definition) is 2. The van der Waals surface area contributed by atoms with Crippen LogP contribution in [0.5, 0.6) is 0 Å². The van der Waals surface area contributed by atoms with E-state index in [1.54, 1.807) is 0 Å². The van der Waals surface area contributed by atoms with Gasteiger partial charge in [-0.3, -0.25) is 4.99 Å². The van der Waals surface area contributed by atoms with Crippen LogP contribution < -0.4 is 4.90 Å². The Morgan fingerprint density at radius 3 is 2.27 bits per heavy atom. The quantitative estimate of drug-likeness (QED) is 0.290. The van der Waals surface area contributed by atoms with Crippen molar-refractivity contribution in [3.63, 3.8) is 0 Å². The fourth-order valence-corrected chi connectivity index (χ4v) is 7.31. The molecule has 4 aromatic carbocycles. The van der Waals surface area contributed by atoms with E-state index in [-0.39, 0.29) is 0 Å². The van der Waals surface area contributed by atoms with Gasteiger partial charge in [-0.05, 0) is 70.3 Å². The Morgan fingerprint density at radius 2 is 1.38 bits per heavy atom. The standard InChI is InChI=1S/C35H30N2/c1-2-9-25(10-3-1)37-33-16-7-6-15-32(33)36-35(37)24-19-17-23(18-20-24)26-21-22-31-28-12-5-4-11-27(28)30-14-8-13-29(26)34(30)31/h1-5,8-14,17-21,31-33H,6-7,15-16,22H2. The summed E-state index contributed by atoms with van der Waals surface area (Å²) in [5, 5.41) is 0. The van der Waals surface area contributed by atoms with Crippen LogP contribution in [0.25, 0.3) is 16.7 Å². The maximum Gasteiger partial charge on any atom is 0.136 e. The van der Waals surface area contributed by atoms with E-state index >= 15 is 0 Å². The van der Waals surface area contributed by atoms with Gasteiger partial charge in [0.25, 0.3) is 0 Å². The molecule has 0 aromatic heterocycles. The van der Waals surface area contributed by atoms with E-state index in [2.05, 4.69) is 108 Å². The molecule has 4 aromatic rings. The van der Waals surface area contributed by atoms with Gasteiger partial charge >= 0.3 is 0 Å². The lowest BCUT2D eigenvalue weighted by Gasteiger charge is -2.33. The molecule has 0 saturated heterocycles. The predicted octanol–water partition coefficient (Wildman–Crippen LogP) is 8.21. The Balaban J connectivity index is 1.16. The maximum absolute atomic E-state index is 5.30. The van der Waals surface area contributed by atoms with Crippen molar-refractivity contribution < 1.29 is 0 Å². The Labute approximate surface area is 219 Å². The third-order valence-electron chi connectivity index (χ3n) is 8.96. The van der Waals surface area contributed by atoms with Gasteiger partial charge in [0.1, 0.15) is 5.84 Å². The first-order valence-electron chi connectivity index (χ1n) is 13.8. The van der Waals surface area contributed by atoms with Gasteiger partial charge in [-0.25, -0.2) is 0 Å². The average Bonchev–Trinajstić information content (AvgIpc) is 3.52. The molecule has 3 unspecified atom stereocenters. The molecule has 3 aliphatic carbocycles. The Bertz CT molecular complexity index is 1560. The number of hydrogen-bond donors (Lipinski definition) is 0. The molecule has 1 aliphatic heterocycles. The second-order valence-electron chi connectivity index (χ2n) is 10.9. The van der Waals surface area contributed by atoms with Gasteiger partial charge in [0.05, 0.1) is 12.1 Å². The van der Waals surface area contributed by atoms with Crippen LogP contribution in [0.3, 0.4) is 0 Å². The first-order chi connectivity index (χ1) is 18.4. The van der Waals surface area contributed by atoms with E-state index in [1.165, 1.54) is 75.9 Å². The molecule has 2 heteroatoms. The molecule has 4 aliphatic rings. The summed E-state index contributed by atoms with van der Waals surface area (Å²) in [7, 11) is 0. The van der Waals surface area contributed by atoms with Crippen molar-refractivity contribution in [3.8, 4) is 11.1 Å². The van der Waals surface area contributed by atoms with Crippen LogP contribution in [-0.4, -0.2) is 17.9 Å². The third-order valence-corrected chi connectivity index (χ3v) is 8.96. The van der Waals surface area contributed by atoms with Gasteiger partial charge in [-0.15, -0.1) is 0 Å². The van der Waals surface area contributed by atoms with E-state index in [1.807, 2.05) is 0 Å². The molecule has 1 saturated carbocycles. The molecule has 0 bridgehead atoms. The number of fused-ring (bicyclic) bond motifs is 4. The van der Waals surface area contributed by atoms with Crippen molar-refractivity contribution in [1.29, 1.82) is 0 Å². The van der Waals surface area contributed by atoms with E-state index in [0.29, 0.717) is 18.0 Å². The lowest BCUT2D eigenvalue weighted by molar-refractivity contribution is 0.405. The highest BCUT2D eigenvalue weighted by Crippen LogP contribution is 2.52. The lowest BCUT2D eigenvalue weighted by Crippen LogP contribution is -2.41. The normalized spacial score (nSPS) is 23.1. The van der Waals surface area contributed by atoms with Gasteiger partial charge in [-0.2, -0.15) is 0 Å². The largest absolute Gasteiger partial charge is 0.321 e. The number of allylic oxidation sites excluding steroid dienone is 1. The molecule has 0 N–H and O–H groups in total. The molecule has 3 atom stereocenters. The second kappa shape index (κ2) is 8.31. The topological polar surface area (TPSA) is 15.6 Å². The van der Waals surface area contributed by atoms with E-state index in [0.717, 1.165) is 12.3 Å². The van der Waals surface area contributed by atoms with Gasteiger partial charge in [0.2, 0.25) is 0 Å². The van der Waals surface area contributed by atoms with Gasteiger partial charge < -0.3 is 4.90 Å². The molecule has 1 heterocycles. The monoisotopic (exact) mass is 478 g/mol. The summed E-state index contributed by atoms with van der Waals surface area (Å²) in [5.41, 5.74) is 12.4. The number of rotatable bonds is 3. The van der Waals surface area contributed by atoms with Crippen LogP contribution in [0.2, 0.25) is 0 Å². The van der Waals surface area contributed by atoms with Crippen molar-refractivity contribution in [3.05, 3.63) is 131 Å². The summed E-state index contributed by atoms with van der Waals surface area (Å²) in [4.78, 5) is 7.82. The summed E-state index contributed by atoms with van der Waals surface area (Å²) in [6, 6.07) is 36.8. The molecule has 2 nitrogen and oxygen atoms in total. The minimum absolute atomic E-state index is 0.412. The van der Waals surface area contributed by atoms with E-state index in [9.17, 15) is 0 Å². The number of para-hydroxylation sites is 1. The zero-order chi connectivity index (χ0) is 24.3. The summed E-state index contributed by atoms with van der Waals surface area (Å²) >= 11 is 0. The number of amidine groups is 1. The zero-order valence-electron chi connectivity index (χ0n) is 21.0. The first kappa shape index (κ1) is 21.2. The van der Waals surface area contributed by atoms with Crippen molar-refractivity contribution >= 4 is 17.1 Å². The molecule has 0 amide bonds. The number of nitrogens with zero attached hydrogens (tertiary/aromatic N) is 2. The molecule has 37 heavy (non-hydrogen) atoms. The Kier molecular flexibility index (Phi) is 4.76. The smallest absolute Gasteiger partial charge is 0.136 e. The van der Waals surface area contributed by atoms with Gasteiger partial charge in [-0.1, -0.05) is 104 Å². The fourth-order valence-electron chi connectivity index (χ4n) is 7.31. The number of anilines is 1. The van der Waals surface area contributed by atoms with Gasteiger partial charge in [0.15, 0.2) is 0 Å². The van der Waals surface area contributed by atoms with Crippen LogP contribution in [0, 0.1) is 0 Å². The molecular weight excluding hydrogens is 448 g/mol. The van der Waals surface area contributed by atoms with Crippen LogP contribution in [0.4, 0.5) is 5.69 Å². The molecule has 180 valence electrons. The van der Waals surface area contributed by atoms with Crippen molar-refractivity contribution in [1.82, 2.24) is 0 Å². The highest BCUT2D eigenvalue weighted by atomic mass is 15.3. The Hall–Kier alpha value is -3.91. The highest BCUT2D eigenvalue weighted by Gasteiger charge is 2.39. The highest BCUT2D eigenvalue weighted by molar-refractivity contribution is 6.12. The van der Waals surface area contributed by atoms with Crippen molar-refractivity contribution in [2.45, 2.75) is 50.1 Å². The lowest BCUT2D eigenvalue weighted by atomic mass is 9.80. The number of aliphatic imine (C=N–C) groups is 1. The third kappa shape index (κ3) is 3.21. The summed E-state index contributed by atoms with van der Waals surface area (Å²) in [5.74, 6) is 1.63. The SMILES string of the molecule is C1=C(c2ccc(C3=NC4CCCCC4N3c3ccccc3)cc2)c2cccc3c2C(C1)c1ccccc1-3. The van der Waals surface area contributed by atoms with E-state index < -0.39 is 0 Å². The van der Waals surface area contributed by atoms with Crippen LogP contribution in [0.1, 0.15) is 65.8 Å². The predicted molar refractivity (Wildman–Crippen MR) is 153 cm³/mol. The van der Waals surface area contributed by atoms with E-state index in [4.69, 9.17) is 4.99 Å². The first-order valence-corrected chi connectivity index (χ1v) is 13.8. The maximum atomic E-state index is 5.30. The fraction of sp³-hybridized carbons (Fsp3) is 0.229. The van der Waals surface area contributed by atoms with Crippen LogP contribution in [0.15, 0.2) is 108 Å². The van der Waals surface area contributed by atoms with Crippen molar-refractivity contribution in [2.75, 3.05) is 4.90 Å². The van der Waals surface area contributed by atoms with Crippen LogP contribution >= 0.6 is 0 Å². The van der Waals surface area contributed by atoms with Crippen molar-refractivity contribution in [2.24, 2.45) is 4.99 Å². The summed E-state index contributed by atoms with van der Waals surface area (Å²) in [6.45, 7) is 0. The molecule has 0 radical (unpaired) electrons. The summed E-state index contributed by atoms with van der Waals surface area (Å²) in [6.07, 6.45) is 8.54. The average molecular weight is 479 g/mol. The second-order valence-corrected chi connectivity index (χ2v) is 10.9. The molecule has 0 spiro atoms. The number of benzene rings is 4.